The van der Waals surface area contributed by atoms with Crippen molar-refractivity contribution in [2.45, 2.75) is 25.7 Å². The number of carbonyl (C=O) groups excluding carboxylic acids is 3. The molecule has 8 heteroatoms. The third-order valence-electron chi connectivity index (χ3n) is 5.66. The molecule has 1 aliphatic heterocycles. The first-order chi connectivity index (χ1) is 17.7. The first kappa shape index (κ1) is 26.0. The third-order valence-corrected chi connectivity index (χ3v) is 6.75. The quantitative estimate of drug-likeness (QED) is 0.356. The van der Waals surface area contributed by atoms with Gasteiger partial charge < -0.3 is 15.4 Å². The summed E-state index contributed by atoms with van der Waals surface area (Å²) in [5.41, 5.74) is 3.20. The summed E-state index contributed by atoms with van der Waals surface area (Å²) in [7, 11) is 1.55. The van der Waals surface area contributed by atoms with E-state index in [0.717, 1.165) is 16.1 Å². The zero-order valence-corrected chi connectivity index (χ0v) is 22.0. The molecule has 0 fully saturated rings. The molecule has 0 unspecified atom stereocenters. The summed E-state index contributed by atoms with van der Waals surface area (Å²) < 4.78 is 5.18. The maximum atomic E-state index is 13.3. The summed E-state index contributed by atoms with van der Waals surface area (Å²) in [5.74, 6) is -0.152. The summed E-state index contributed by atoms with van der Waals surface area (Å²) in [6.07, 6.45) is 0. The molecule has 2 N–H and O–H groups in total. The standard InChI is InChI=1S/C29H29N3O4S/c1-18(2)17-32-28(34)25(30-21-10-8-19(3)9-11-21)26(29(32)35)37-24-14-12-22(13-15-24)31-27(33)20-6-5-7-23(16-20)36-4/h5-16,18,30H,17H2,1-4H3,(H,31,33). The van der Waals surface area contributed by atoms with Gasteiger partial charge in [-0.2, -0.15) is 0 Å². The molecule has 0 aromatic heterocycles. The maximum absolute atomic E-state index is 13.3. The van der Waals surface area contributed by atoms with Crippen molar-refractivity contribution in [3.8, 4) is 5.75 Å². The zero-order chi connectivity index (χ0) is 26.5. The number of amides is 3. The number of aryl methyl sites for hydroxylation is 1. The summed E-state index contributed by atoms with van der Waals surface area (Å²) in [6.45, 7) is 6.27. The van der Waals surface area contributed by atoms with E-state index < -0.39 is 0 Å². The number of imide groups is 1. The number of carbonyl (C=O) groups is 3. The van der Waals surface area contributed by atoms with Gasteiger partial charge in [0.15, 0.2) is 0 Å². The molecule has 7 nitrogen and oxygen atoms in total. The van der Waals surface area contributed by atoms with Crippen LogP contribution in [0.25, 0.3) is 0 Å². The Hall–Kier alpha value is -4.04. The van der Waals surface area contributed by atoms with Crippen molar-refractivity contribution in [1.82, 2.24) is 4.90 Å². The van der Waals surface area contributed by atoms with Crippen LogP contribution in [0.15, 0.2) is 88.3 Å². The molecule has 0 aliphatic carbocycles. The van der Waals surface area contributed by atoms with E-state index in [1.165, 1.54) is 16.7 Å². The van der Waals surface area contributed by atoms with Crippen LogP contribution in [0.1, 0.15) is 29.8 Å². The largest absolute Gasteiger partial charge is 0.497 e. The van der Waals surface area contributed by atoms with Crippen molar-refractivity contribution < 1.29 is 19.1 Å². The Morgan fingerprint density at radius 1 is 0.946 bits per heavy atom. The molecule has 1 heterocycles. The molecule has 3 aromatic rings. The number of methoxy groups -OCH3 is 1. The van der Waals surface area contributed by atoms with Crippen LogP contribution >= 0.6 is 11.8 Å². The van der Waals surface area contributed by atoms with Gasteiger partial charge in [0.1, 0.15) is 16.4 Å². The van der Waals surface area contributed by atoms with Crippen LogP contribution in [0.2, 0.25) is 0 Å². The number of nitrogens with one attached hydrogen (secondary N) is 2. The Kier molecular flexibility index (Phi) is 7.98. The second-order valence-electron chi connectivity index (χ2n) is 9.12. The molecule has 4 rings (SSSR count). The number of thioether (sulfide) groups is 1. The molecule has 0 saturated carbocycles. The van der Waals surface area contributed by atoms with Crippen molar-refractivity contribution in [2.24, 2.45) is 5.92 Å². The molecular formula is C29H29N3O4S. The van der Waals surface area contributed by atoms with Crippen LogP contribution in [-0.4, -0.2) is 36.3 Å². The Morgan fingerprint density at radius 2 is 1.62 bits per heavy atom. The predicted molar refractivity (Wildman–Crippen MR) is 147 cm³/mol. The van der Waals surface area contributed by atoms with Gasteiger partial charge in [-0.25, -0.2) is 0 Å². The van der Waals surface area contributed by atoms with Crippen LogP contribution < -0.4 is 15.4 Å². The van der Waals surface area contributed by atoms with Crippen molar-refractivity contribution in [3.05, 3.63) is 94.5 Å². The second kappa shape index (κ2) is 11.3. The lowest BCUT2D eigenvalue weighted by Crippen LogP contribution is -2.35. The minimum atomic E-state index is -0.330. The topological polar surface area (TPSA) is 87.7 Å². The first-order valence-electron chi connectivity index (χ1n) is 11.9. The molecule has 37 heavy (non-hydrogen) atoms. The summed E-state index contributed by atoms with van der Waals surface area (Å²) >= 11 is 1.23. The summed E-state index contributed by atoms with van der Waals surface area (Å²) in [4.78, 5) is 41.5. The first-order valence-corrected chi connectivity index (χ1v) is 12.7. The SMILES string of the molecule is COc1cccc(C(=O)Nc2ccc(SC3=C(Nc4ccc(C)cc4)C(=O)N(CC(C)C)C3=O)cc2)c1. The summed E-state index contributed by atoms with van der Waals surface area (Å²) in [5, 5.41) is 6.03. The molecule has 190 valence electrons. The predicted octanol–water partition coefficient (Wildman–Crippen LogP) is 5.70. The number of benzene rings is 3. The van der Waals surface area contributed by atoms with Gasteiger partial charge in [0.05, 0.1) is 7.11 Å². The number of nitrogens with zero attached hydrogens (tertiary/aromatic N) is 1. The van der Waals surface area contributed by atoms with E-state index in [0.29, 0.717) is 28.5 Å². The lowest BCUT2D eigenvalue weighted by atomic mass is 10.2. The second-order valence-corrected chi connectivity index (χ2v) is 10.2. The van der Waals surface area contributed by atoms with Gasteiger partial charge in [-0.1, -0.05) is 49.4 Å². The van der Waals surface area contributed by atoms with Crippen LogP contribution in [0.3, 0.4) is 0 Å². The number of hydrogen-bond donors (Lipinski definition) is 2. The van der Waals surface area contributed by atoms with E-state index in [1.54, 1.807) is 43.5 Å². The fourth-order valence-electron chi connectivity index (χ4n) is 3.76. The van der Waals surface area contributed by atoms with Crippen LogP contribution in [-0.2, 0) is 9.59 Å². The Morgan fingerprint density at radius 3 is 2.27 bits per heavy atom. The Labute approximate surface area is 220 Å². The summed E-state index contributed by atoms with van der Waals surface area (Å²) in [6, 6.07) is 21.7. The fraction of sp³-hybridized carbons (Fsp3) is 0.207. The van der Waals surface area contributed by atoms with Gasteiger partial charge in [0, 0.05) is 28.4 Å². The van der Waals surface area contributed by atoms with E-state index in [1.807, 2.05) is 57.2 Å². The van der Waals surface area contributed by atoms with Crippen LogP contribution in [0.5, 0.6) is 5.75 Å². The molecule has 1 aliphatic rings. The zero-order valence-electron chi connectivity index (χ0n) is 21.2. The van der Waals surface area contributed by atoms with E-state index in [-0.39, 0.29) is 29.3 Å². The molecule has 0 atom stereocenters. The molecule has 0 bridgehead atoms. The average Bonchev–Trinajstić information content (AvgIpc) is 3.10. The molecule has 3 aromatic carbocycles. The normalized spacial score (nSPS) is 13.4. The number of hydrogen-bond acceptors (Lipinski definition) is 6. The van der Waals surface area contributed by atoms with E-state index in [2.05, 4.69) is 10.6 Å². The van der Waals surface area contributed by atoms with Gasteiger partial charge in [-0.05, 0) is 67.4 Å². The highest BCUT2D eigenvalue weighted by atomic mass is 32.2. The van der Waals surface area contributed by atoms with Gasteiger partial charge in [0.2, 0.25) is 0 Å². The minimum absolute atomic E-state index is 0.144. The van der Waals surface area contributed by atoms with Gasteiger partial charge in [-0.15, -0.1) is 0 Å². The fourth-order valence-corrected chi connectivity index (χ4v) is 4.71. The third kappa shape index (κ3) is 6.21. The molecule has 3 amide bonds. The van der Waals surface area contributed by atoms with Crippen molar-refractivity contribution in [3.63, 3.8) is 0 Å². The smallest absolute Gasteiger partial charge is 0.278 e. The van der Waals surface area contributed by atoms with Gasteiger partial charge in [0.25, 0.3) is 17.7 Å². The Bertz CT molecular complexity index is 1350. The highest BCUT2D eigenvalue weighted by molar-refractivity contribution is 8.04. The highest BCUT2D eigenvalue weighted by Gasteiger charge is 2.39. The lowest BCUT2D eigenvalue weighted by Gasteiger charge is -2.17. The molecular weight excluding hydrogens is 486 g/mol. The number of ether oxygens (including phenoxy) is 1. The van der Waals surface area contributed by atoms with Crippen LogP contribution in [0, 0.1) is 12.8 Å². The molecule has 0 saturated heterocycles. The Balaban J connectivity index is 1.54. The van der Waals surface area contributed by atoms with Crippen molar-refractivity contribution in [2.75, 3.05) is 24.3 Å². The van der Waals surface area contributed by atoms with Crippen molar-refractivity contribution >= 4 is 40.9 Å². The van der Waals surface area contributed by atoms with Crippen molar-refractivity contribution in [1.29, 1.82) is 0 Å². The van der Waals surface area contributed by atoms with Gasteiger partial charge >= 0.3 is 0 Å². The molecule has 0 radical (unpaired) electrons. The average molecular weight is 516 g/mol. The lowest BCUT2D eigenvalue weighted by molar-refractivity contribution is -0.137. The molecule has 0 spiro atoms. The van der Waals surface area contributed by atoms with E-state index in [4.69, 9.17) is 4.74 Å². The van der Waals surface area contributed by atoms with E-state index in [9.17, 15) is 14.4 Å². The van der Waals surface area contributed by atoms with E-state index >= 15 is 0 Å². The minimum Gasteiger partial charge on any atom is -0.497 e. The number of anilines is 2. The highest BCUT2D eigenvalue weighted by Crippen LogP contribution is 2.36. The monoisotopic (exact) mass is 515 g/mol. The number of rotatable bonds is 9. The van der Waals surface area contributed by atoms with Crippen LogP contribution in [0.4, 0.5) is 11.4 Å². The maximum Gasteiger partial charge on any atom is 0.278 e. The van der Waals surface area contributed by atoms with Gasteiger partial charge in [-0.3, -0.25) is 19.3 Å².